The van der Waals surface area contributed by atoms with E-state index in [0.717, 1.165) is 5.56 Å². The van der Waals surface area contributed by atoms with Gasteiger partial charge in [-0.3, -0.25) is 9.59 Å². The fourth-order valence-corrected chi connectivity index (χ4v) is 4.75. The fraction of sp³-hybridized carbons (Fsp3) is 0.556. The second kappa shape index (κ2) is 8.47. The molecule has 1 aromatic carbocycles. The van der Waals surface area contributed by atoms with Gasteiger partial charge in [-0.15, -0.1) is 0 Å². The Morgan fingerprint density at radius 3 is 2.40 bits per heavy atom. The lowest BCUT2D eigenvalue weighted by atomic mass is 9.85. The third kappa shape index (κ3) is 6.16. The summed E-state index contributed by atoms with van der Waals surface area (Å²) in [4.78, 5) is 24.1. The summed E-state index contributed by atoms with van der Waals surface area (Å²) in [6.07, 6.45) is 0.748. The number of hydrogen-bond donors (Lipinski definition) is 2. The molecule has 0 aliphatic carbocycles. The standard InChI is InChI=1S/C18H26N2O4S/c1-13(2)16(14-6-4-3-5-7-14)10-17(21)19-11-18(22)20-15-8-9-25(23,24)12-15/h3-7,13,15-16H,8-12H2,1-2H3,(H,19,21)(H,20,22). The smallest absolute Gasteiger partial charge is 0.239 e. The SMILES string of the molecule is CC(C)C(CC(=O)NCC(=O)NC1CCS(=O)(=O)C1)c1ccccc1. The summed E-state index contributed by atoms with van der Waals surface area (Å²) in [7, 11) is -3.03. The molecule has 138 valence electrons. The van der Waals surface area contributed by atoms with E-state index in [4.69, 9.17) is 0 Å². The summed E-state index contributed by atoms with van der Waals surface area (Å²) in [5.74, 6) is -0.0592. The van der Waals surface area contributed by atoms with Crippen LogP contribution in [0, 0.1) is 5.92 Å². The molecule has 2 N–H and O–H groups in total. The van der Waals surface area contributed by atoms with Crippen molar-refractivity contribution in [2.24, 2.45) is 5.92 Å². The minimum atomic E-state index is -3.03. The average molecular weight is 366 g/mol. The van der Waals surface area contributed by atoms with Gasteiger partial charge >= 0.3 is 0 Å². The van der Waals surface area contributed by atoms with Gasteiger partial charge in [0, 0.05) is 12.5 Å². The maximum Gasteiger partial charge on any atom is 0.239 e. The third-order valence-corrected chi connectivity index (χ3v) is 6.25. The summed E-state index contributed by atoms with van der Waals surface area (Å²) in [6, 6.07) is 9.50. The highest BCUT2D eigenvalue weighted by Crippen LogP contribution is 2.27. The van der Waals surface area contributed by atoms with Crippen LogP contribution in [-0.2, 0) is 19.4 Å². The molecular formula is C18H26N2O4S. The minimum absolute atomic E-state index is 0.0177. The first-order valence-electron chi connectivity index (χ1n) is 8.58. The molecule has 2 rings (SSSR count). The van der Waals surface area contributed by atoms with E-state index in [9.17, 15) is 18.0 Å². The Morgan fingerprint density at radius 1 is 1.16 bits per heavy atom. The van der Waals surface area contributed by atoms with E-state index < -0.39 is 9.84 Å². The Balaban J connectivity index is 1.80. The monoisotopic (exact) mass is 366 g/mol. The van der Waals surface area contributed by atoms with Crippen molar-refractivity contribution >= 4 is 21.7 Å². The number of benzene rings is 1. The molecule has 2 amide bonds. The van der Waals surface area contributed by atoms with Crippen LogP contribution in [0.3, 0.4) is 0 Å². The first kappa shape index (κ1) is 19.4. The predicted molar refractivity (Wildman–Crippen MR) is 96.8 cm³/mol. The maximum atomic E-state index is 12.2. The molecule has 1 aromatic rings. The van der Waals surface area contributed by atoms with Gasteiger partial charge in [0.25, 0.3) is 0 Å². The molecule has 6 nitrogen and oxygen atoms in total. The lowest BCUT2D eigenvalue weighted by molar-refractivity contribution is -0.126. The van der Waals surface area contributed by atoms with E-state index in [1.807, 2.05) is 30.3 Å². The second-order valence-corrected chi connectivity index (χ2v) is 9.14. The van der Waals surface area contributed by atoms with E-state index >= 15 is 0 Å². The van der Waals surface area contributed by atoms with Gasteiger partial charge in [0.05, 0.1) is 18.1 Å². The average Bonchev–Trinajstić information content (AvgIpc) is 2.89. The number of hydrogen-bond acceptors (Lipinski definition) is 4. The minimum Gasteiger partial charge on any atom is -0.351 e. The van der Waals surface area contributed by atoms with Crippen LogP contribution in [-0.4, -0.2) is 44.3 Å². The van der Waals surface area contributed by atoms with E-state index in [2.05, 4.69) is 24.5 Å². The highest BCUT2D eigenvalue weighted by atomic mass is 32.2. The van der Waals surface area contributed by atoms with Crippen LogP contribution < -0.4 is 10.6 Å². The molecule has 1 aliphatic rings. The lowest BCUT2D eigenvalue weighted by Crippen LogP contribution is -2.42. The number of rotatable bonds is 7. The van der Waals surface area contributed by atoms with Crippen LogP contribution >= 0.6 is 0 Å². The fourth-order valence-electron chi connectivity index (χ4n) is 3.08. The van der Waals surface area contributed by atoms with E-state index in [-0.39, 0.29) is 41.8 Å². The van der Waals surface area contributed by atoms with Crippen molar-refractivity contribution in [3.05, 3.63) is 35.9 Å². The molecule has 1 fully saturated rings. The van der Waals surface area contributed by atoms with Gasteiger partial charge < -0.3 is 10.6 Å². The van der Waals surface area contributed by atoms with Crippen LogP contribution in [0.4, 0.5) is 0 Å². The number of amides is 2. The van der Waals surface area contributed by atoms with Gasteiger partial charge in [-0.1, -0.05) is 44.2 Å². The lowest BCUT2D eigenvalue weighted by Gasteiger charge is -2.21. The first-order valence-corrected chi connectivity index (χ1v) is 10.4. The zero-order chi connectivity index (χ0) is 18.4. The molecule has 1 aliphatic heterocycles. The molecule has 0 radical (unpaired) electrons. The van der Waals surface area contributed by atoms with E-state index in [1.54, 1.807) is 0 Å². The molecule has 25 heavy (non-hydrogen) atoms. The van der Waals surface area contributed by atoms with Crippen molar-refractivity contribution in [3.63, 3.8) is 0 Å². The number of sulfone groups is 1. The van der Waals surface area contributed by atoms with Gasteiger partial charge in [-0.2, -0.15) is 0 Å². The largest absolute Gasteiger partial charge is 0.351 e. The van der Waals surface area contributed by atoms with Crippen LogP contribution in [0.25, 0.3) is 0 Å². The molecule has 1 heterocycles. The zero-order valence-electron chi connectivity index (χ0n) is 14.7. The summed E-state index contributed by atoms with van der Waals surface area (Å²) in [5, 5.41) is 5.30. The molecule has 0 aromatic heterocycles. The normalized spacial score (nSPS) is 20.2. The second-order valence-electron chi connectivity index (χ2n) is 6.91. The van der Waals surface area contributed by atoms with Gasteiger partial charge in [0.15, 0.2) is 9.84 Å². The molecule has 2 atom stereocenters. The topological polar surface area (TPSA) is 92.3 Å². The summed E-state index contributed by atoms with van der Waals surface area (Å²) < 4.78 is 22.8. The Labute approximate surface area is 149 Å². The summed E-state index contributed by atoms with van der Waals surface area (Å²) >= 11 is 0. The van der Waals surface area contributed by atoms with Crippen LogP contribution in [0.1, 0.15) is 38.2 Å². The predicted octanol–water partition coefficient (Wildman–Crippen LogP) is 1.24. The van der Waals surface area contributed by atoms with E-state index in [0.29, 0.717) is 18.8 Å². The van der Waals surface area contributed by atoms with Crippen molar-refractivity contribution in [1.29, 1.82) is 0 Å². The molecular weight excluding hydrogens is 340 g/mol. The summed E-state index contributed by atoms with van der Waals surface area (Å²) in [5.41, 5.74) is 1.10. The molecule has 2 unspecified atom stereocenters. The van der Waals surface area contributed by atoms with Gasteiger partial charge in [-0.25, -0.2) is 8.42 Å². The Bertz CT molecular complexity index is 701. The third-order valence-electron chi connectivity index (χ3n) is 4.48. The molecule has 0 bridgehead atoms. The number of carbonyl (C=O) groups is 2. The Kier molecular flexibility index (Phi) is 6.58. The maximum absolute atomic E-state index is 12.2. The molecule has 7 heteroatoms. The van der Waals surface area contributed by atoms with Crippen molar-refractivity contribution in [2.75, 3.05) is 18.1 Å². The Morgan fingerprint density at radius 2 is 1.84 bits per heavy atom. The van der Waals surface area contributed by atoms with Crippen LogP contribution in [0.5, 0.6) is 0 Å². The van der Waals surface area contributed by atoms with Gasteiger partial charge in [0.1, 0.15) is 0 Å². The van der Waals surface area contributed by atoms with Gasteiger partial charge in [-0.05, 0) is 23.8 Å². The first-order chi connectivity index (χ1) is 11.8. The van der Waals surface area contributed by atoms with Crippen molar-refractivity contribution in [2.45, 2.75) is 38.6 Å². The number of carbonyl (C=O) groups excluding carboxylic acids is 2. The van der Waals surface area contributed by atoms with Crippen molar-refractivity contribution in [3.8, 4) is 0 Å². The molecule has 0 saturated carbocycles. The molecule has 0 spiro atoms. The van der Waals surface area contributed by atoms with Crippen LogP contribution in [0.15, 0.2) is 30.3 Å². The highest BCUT2D eigenvalue weighted by Gasteiger charge is 2.29. The van der Waals surface area contributed by atoms with Crippen molar-refractivity contribution in [1.82, 2.24) is 10.6 Å². The van der Waals surface area contributed by atoms with Crippen molar-refractivity contribution < 1.29 is 18.0 Å². The number of nitrogens with one attached hydrogen (secondary N) is 2. The highest BCUT2D eigenvalue weighted by molar-refractivity contribution is 7.91. The quantitative estimate of drug-likeness (QED) is 0.759. The van der Waals surface area contributed by atoms with Crippen LogP contribution in [0.2, 0.25) is 0 Å². The molecule has 1 saturated heterocycles. The Hall–Kier alpha value is -1.89. The zero-order valence-corrected chi connectivity index (χ0v) is 15.5. The van der Waals surface area contributed by atoms with Gasteiger partial charge in [0.2, 0.25) is 11.8 Å². The van der Waals surface area contributed by atoms with E-state index in [1.165, 1.54) is 0 Å². The summed E-state index contributed by atoms with van der Waals surface area (Å²) in [6.45, 7) is 4.01.